The number of rotatable bonds is 5. The highest BCUT2D eigenvalue weighted by atomic mass is 19.1. The third-order valence-electron chi connectivity index (χ3n) is 5.16. The zero-order chi connectivity index (χ0) is 21.8. The molecule has 1 aliphatic rings. The van der Waals surface area contributed by atoms with Gasteiger partial charge in [0.1, 0.15) is 17.4 Å². The van der Waals surface area contributed by atoms with Crippen molar-refractivity contribution in [3.8, 4) is 11.4 Å². The zero-order valence-corrected chi connectivity index (χ0v) is 17.2. The Balaban J connectivity index is 1.44. The smallest absolute Gasteiger partial charge is 0.271 e. The topological polar surface area (TPSA) is 67.7 Å². The summed E-state index contributed by atoms with van der Waals surface area (Å²) in [4.78, 5) is 28.9. The Morgan fingerprint density at radius 3 is 2.29 bits per heavy atom. The molecule has 0 atom stereocenters. The Morgan fingerprint density at radius 1 is 0.968 bits per heavy atom. The second-order valence-corrected chi connectivity index (χ2v) is 7.15. The van der Waals surface area contributed by atoms with Crippen molar-refractivity contribution in [3.63, 3.8) is 0 Å². The van der Waals surface area contributed by atoms with E-state index in [9.17, 15) is 14.0 Å². The van der Waals surface area contributed by atoms with E-state index in [4.69, 9.17) is 4.74 Å². The van der Waals surface area contributed by atoms with Crippen LogP contribution < -0.4 is 15.2 Å². The Labute approximate surface area is 179 Å². The van der Waals surface area contributed by atoms with Crippen molar-refractivity contribution in [2.24, 2.45) is 0 Å². The average molecular weight is 422 g/mol. The maximum Gasteiger partial charge on any atom is 0.271 e. The summed E-state index contributed by atoms with van der Waals surface area (Å²) in [5, 5.41) is 4.44. The third kappa shape index (κ3) is 4.58. The number of piperazine rings is 1. The highest BCUT2D eigenvalue weighted by Gasteiger charge is 2.23. The first kappa shape index (κ1) is 20.6. The number of anilines is 1. The molecule has 0 bridgehead atoms. The third-order valence-corrected chi connectivity index (χ3v) is 5.16. The number of hydrogen-bond donors (Lipinski definition) is 0. The van der Waals surface area contributed by atoms with Gasteiger partial charge in [-0.15, -0.1) is 5.10 Å². The number of carbonyl (C=O) groups excluding carboxylic acids is 1. The fourth-order valence-corrected chi connectivity index (χ4v) is 3.52. The van der Waals surface area contributed by atoms with Gasteiger partial charge >= 0.3 is 0 Å². The van der Waals surface area contributed by atoms with Crippen molar-refractivity contribution in [2.75, 3.05) is 37.7 Å². The van der Waals surface area contributed by atoms with E-state index in [1.165, 1.54) is 35.0 Å². The SMILES string of the molecule is CCOc1ccc(C(=O)N2CCN(c3ccc(=O)n(-c4ccc(F)cc4)n3)CC2)cc1. The van der Waals surface area contributed by atoms with Gasteiger partial charge in [0.15, 0.2) is 0 Å². The fourth-order valence-electron chi connectivity index (χ4n) is 3.52. The number of carbonyl (C=O) groups is 1. The van der Waals surface area contributed by atoms with Crippen molar-refractivity contribution in [1.82, 2.24) is 14.7 Å². The van der Waals surface area contributed by atoms with Crippen molar-refractivity contribution in [1.29, 1.82) is 0 Å². The molecular formula is C23H23FN4O3. The van der Waals surface area contributed by atoms with Gasteiger partial charge < -0.3 is 14.5 Å². The van der Waals surface area contributed by atoms with Gasteiger partial charge in [-0.1, -0.05) is 0 Å². The molecule has 1 saturated heterocycles. The second-order valence-electron chi connectivity index (χ2n) is 7.15. The van der Waals surface area contributed by atoms with Crippen LogP contribution in [0.15, 0.2) is 65.5 Å². The van der Waals surface area contributed by atoms with Gasteiger partial charge in [0.05, 0.1) is 12.3 Å². The van der Waals surface area contributed by atoms with Crippen LogP contribution >= 0.6 is 0 Å². The van der Waals surface area contributed by atoms with Crippen molar-refractivity contribution in [3.05, 3.63) is 82.4 Å². The molecule has 3 aromatic rings. The molecule has 2 heterocycles. The maximum absolute atomic E-state index is 13.2. The fraction of sp³-hybridized carbons (Fsp3) is 0.261. The molecule has 31 heavy (non-hydrogen) atoms. The number of amides is 1. The van der Waals surface area contributed by atoms with Gasteiger partial charge in [-0.05, 0) is 61.5 Å². The van der Waals surface area contributed by atoms with Gasteiger partial charge in [0.2, 0.25) is 0 Å². The highest BCUT2D eigenvalue weighted by Crippen LogP contribution is 2.17. The Bertz CT molecular complexity index is 1100. The number of hydrogen-bond acceptors (Lipinski definition) is 5. The van der Waals surface area contributed by atoms with E-state index in [-0.39, 0.29) is 17.3 Å². The molecule has 1 fully saturated rings. The minimum Gasteiger partial charge on any atom is -0.494 e. The Kier molecular flexibility index (Phi) is 5.97. The van der Waals surface area contributed by atoms with Crippen molar-refractivity contribution in [2.45, 2.75) is 6.92 Å². The highest BCUT2D eigenvalue weighted by molar-refractivity contribution is 5.94. The summed E-state index contributed by atoms with van der Waals surface area (Å²) in [7, 11) is 0. The lowest BCUT2D eigenvalue weighted by molar-refractivity contribution is 0.0746. The van der Waals surface area contributed by atoms with Crippen LogP contribution in [0.25, 0.3) is 5.69 Å². The average Bonchev–Trinajstić information content (AvgIpc) is 2.80. The molecule has 0 saturated carbocycles. The van der Waals surface area contributed by atoms with Crippen LogP contribution in [0.5, 0.6) is 5.75 Å². The lowest BCUT2D eigenvalue weighted by Crippen LogP contribution is -2.49. The largest absolute Gasteiger partial charge is 0.494 e. The summed E-state index contributed by atoms with van der Waals surface area (Å²) in [5.41, 5.74) is 0.831. The van der Waals surface area contributed by atoms with E-state index in [0.29, 0.717) is 49.9 Å². The number of nitrogens with zero attached hydrogens (tertiary/aromatic N) is 4. The molecule has 4 rings (SSSR count). The van der Waals surface area contributed by atoms with E-state index < -0.39 is 0 Å². The Hall–Kier alpha value is -3.68. The molecule has 0 radical (unpaired) electrons. The van der Waals surface area contributed by atoms with Gasteiger partial charge in [-0.2, -0.15) is 4.68 Å². The van der Waals surface area contributed by atoms with Crippen LogP contribution in [0.3, 0.4) is 0 Å². The summed E-state index contributed by atoms with van der Waals surface area (Å²) >= 11 is 0. The van der Waals surface area contributed by atoms with Crippen LogP contribution in [-0.4, -0.2) is 53.4 Å². The van der Waals surface area contributed by atoms with Crippen LogP contribution in [0.2, 0.25) is 0 Å². The van der Waals surface area contributed by atoms with E-state index in [1.807, 2.05) is 16.7 Å². The molecule has 0 N–H and O–H groups in total. The number of ether oxygens (including phenoxy) is 1. The van der Waals surface area contributed by atoms with Gasteiger partial charge in [-0.3, -0.25) is 9.59 Å². The predicted molar refractivity (Wildman–Crippen MR) is 116 cm³/mol. The van der Waals surface area contributed by atoms with E-state index >= 15 is 0 Å². The predicted octanol–water partition coefficient (Wildman–Crippen LogP) is 2.73. The first-order chi connectivity index (χ1) is 15.0. The lowest BCUT2D eigenvalue weighted by Gasteiger charge is -2.35. The molecule has 7 nitrogen and oxygen atoms in total. The maximum atomic E-state index is 13.2. The standard InChI is InChI=1S/C23H23FN4O3/c1-2-31-20-9-3-17(4-10-20)23(30)27-15-13-26(14-16-27)21-11-12-22(29)28(25-21)19-7-5-18(24)6-8-19/h3-12H,2,13-16H2,1H3. The van der Waals surface area contributed by atoms with Crippen molar-refractivity contribution < 1.29 is 13.9 Å². The summed E-state index contributed by atoms with van der Waals surface area (Å²) < 4.78 is 19.9. The molecule has 8 heteroatoms. The lowest BCUT2D eigenvalue weighted by atomic mass is 10.1. The van der Waals surface area contributed by atoms with Crippen LogP contribution in [-0.2, 0) is 0 Å². The second kappa shape index (κ2) is 8.99. The first-order valence-electron chi connectivity index (χ1n) is 10.2. The summed E-state index contributed by atoms with van der Waals surface area (Å²) in [6.45, 7) is 4.78. The minimum atomic E-state index is -0.374. The normalized spacial score (nSPS) is 13.9. The number of benzene rings is 2. The summed E-state index contributed by atoms with van der Waals surface area (Å²) in [5.74, 6) is 0.983. The molecule has 1 aromatic heterocycles. The van der Waals surface area contributed by atoms with E-state index in [1.54, 1.807) is 30.3 Å². The first-order valence-corrected chi connectivity index (χ1v) is 10.2. The summed E-state index contributed by atoms with van der Waals surface area (Å²) in [6.07, 6.45) is 0. The van der Waals surface area contributed by atoms with E-state index in [2.05, 4.69) is 5.10 Å². The van der Waals surface area contributed by atoms with Gasteiger partial charge in [0, 0.05) is 37.8 Å². The van der Waals surface area contributed by atoms with Crippen LogP contribution in [0, 0.1) is 5.82 Å². The quantitative estimate of drug-likeness (QED) is 0.633. The van der Waals surface area contributed by atoms with Crippen LogP contribution in [0.4, 0.5) is 10.2 Å². The number of halogens is 1. The summed E-state index contributed by atoms with van der Waals surface area (Å²) in [6, 6.07) is 15.9. The van der Waals surface area contributed by atoms with Gasteiger partial charge in [-0.25, -0.2) is 4.39 Å². The molecule has 2 aromatic carbocycles. The number of aromatic nitrogens is 2. The molecule has 0 aliphatic carbocycles. The molecule has 0 unspecified atom stereocenters. The zero-order valence-electron chi connectivity index (χ0n) is 17.2. The molecule has 160 valence electrons. The minimum absolute atomic E-state index is 0.0214. The molecule has 1 aliphatic heterocycles. The van der Waals surface area contributed by atoms with Crippen LogP contribution in [0.1, 0.15) is 17.3 Å². The molecule has 0 spiro atoms. The Morgan fingerprint density at radius 2 is 1.65 bits per heavy atom. The van der Waals surface area contributed by atoms with Crippen molar-refractivity contribution >= 4 is 11.7 Å². The monoisotopic (exact) mass is 422 g/mol. The van der Waals surface area contributed by atoms with Gasteiger partial charge in [0.25, 0.3) is 11.5 Å². The molecule has 1 amide bonds. The molecular weight excluding hydrogens is 399 g/mol. The van der Waals surface area contributed by atoms with E-state index in [0.717, 1.165) is 5.75 Å².